The van der Waals surface area contributed by atoms with Crippen molar-refractivity contribution in [1.29, 1.82) is 0 Å². The molecule has 2 nitrogen and oxygen atoms in total. The van der Waals surface area contributed by atoms with E-state index >= 15 is 0 Å². The molecule has 0 fully saturated rings. The van der Waals surface area contributed by atoms with Gasteiger partial charge in [0.2, 0.25) is 5.91 Å². The van der Waals surface area contributed by atoms with Gasteiger partial charge in [0.1, 0.15) is 5.38 Å². The second kappa shape index (κ2) is 7.01. The lowest BCUT2D eigenvalue weighted by molar-refractivity contribution is -0.131. The van der Waals surface area contributed by atoms with E-state index in [9.17, 15) is 4.79 Å². The number of amides is 1. The molecular formula is C16H24ClNO. The van der Waals surface area contributed by atoms with Crippen molar-refractivity contribution in [2.24, 2.45) is 17.8 Å². The standard InChI is InChI=1S/C16H24ClNO/c1-6-8-18(7-2)16(19)15(17)14-10-11(3)9-12(4)13(14)5/h1,10,12-15H,7-9H2,2-5H3. The fourth-order valence-corrected chi connectivity index (χ4v) is 3.21. The van der Waals surface area contributed by atoms with E-state index in [1.807, 2.05) is 6.92 Å². The van der Waals surface area contributed by atoms with Crippen LogP contribution in [0.25, 0.3) is 0 Å². The smallest absolute Gasteiger partial charge is 0.242 e. The Morgan fingerprint density at radius 3 is 2.79 bits per heavy atom. The van der Waals surface area contributed by atoms with Crippen molar-refractivity contribution in [1.82, 2.24) is 4.90 Å². The molecule has 1 rings (SSSR count). The van der Waals surface area contributed by atoms with E-state index in [1.165, 1.54) is 5.57 Å². The zero-order valence-electron chi connectivity index (χ0n) is 12.3. The summed E-state index contributed by atoms with van der Waals surface area (Å²) in [5, 5.41) is -0.513. The van der Waals surface area contributed by atoms with E-state index in [-0.39, 0.29) is 11.8 Å². The van der Waals surface area contributed by atoms with Gasteiger partial charge in [0.05, 0.1) is 6.54 Å². The molecule has 19 heavy (non-hydrogen) atoms. The highest BCUT2D eigenvalue weighted by Gasteiger charge is 2.35. The molecule has 0 radical (unpaired) electrons. The summed E-state index contributed by atoms with van der Waals surface area (Å²) < 4.78 is 0. The Balaban J connectivity index is 2.86. The summed E-state index contributed by atoms with van der Waals surface area (Å²) in [7, 11) is 0. The topological polar surface area (TPSA) is 20.3 Å². The zero-order chi connectivity index (χ0) is 14.6. The summed E-state index contributed by atoms with van der Waals surface area (Å²) in [5.41, 5.74) is 1.33. The Labute approximate surface area is 122 Å². The van der Waals surface area contributed by atoms with Gasteiger partial charge >= 0.3 is 0 Å². The Hall–Kier alpha value is -0.940. The van der Waals surface area contributed by atoms with Crippen LogP contribution in [0.5, 0.6) is 0 Å². The van der Waals surface area contributed by atoms with Crippen LogP contribution in [0.1, 0.15) is 34.1 Å². The second-order valence-electron chi connectivity index (χ2n) is 5.59. The third kappa shape index (κ3) is 3.76. The lowest BCUT2D eigenvalue weighted by atomic mass is 9.73. The number of halogens is 1. The summed E-state index contributed by atoms with van der Waals surface area (Å²) in [4.78, 5) is 14.0. The van der Waals surface area contributed by atoms with Crippen LogP contribution in [0, 0.1) is 30.1 Å². The number of carbonyl (C=O) groups is 1. The number of carbonyl (C=O) groups excluding carboxylic acids is 1. The molecule has 0 aromatic heterocycles. The average molecular weight is 282 g/mol. The van der Waals surface area contributed by atoms with Crippen LogP contribution in [-0.4, -0.2) is 29.3 Å². The van der Waals surface area contributed by atoms with Crippen molar-refractivity contribution in [3.63, 3.8) is 0 Å². The van der Waals surface area contributed by atoms with E-state index in [2.05, 4.69) is 32.8 Å². The van der Waals surface area contributed by atoms with E-state index in [1.54, 1.807) is 4.90 Å². The molecule has 0 bridgehead atoms. The SMILES string of the molecule is C#CCN(CC)C(=O)C(Cl)C1C=C(C)CC(C)C1C. The molecule has 0 heterocycles. The summed E-state index contributed by atoms with van der Waals surface area (Å²) in [5.74, 6) is 3.55. The van der Waals surface area contributed by atoms with Crippen molar-refractivity contribution in [3.8, 4) is 12.3 Å². The predicted octanol–water partition coefficient (Wildman–Crippen LogP) is 3.31. The Bertz CT molecular complexity index is 396. The maximum atomic E-state index is 12.4. The van der Waals surface area contributed by atoms with Crippen LogP contribution in [0.2, 0.25) is 0 Å². The first-order valence-corrected chi connectivity index (χ1v) is 7.39. The molecular weight excluding hydrogens is 258 g/mol. The predicted molar refractivity (Wildman–Crippen MR) is 80.9 cm³/mol. The number of allylic oxidation sites excluding steroid dienone is 2. The minimum Gasteiger partial charge on any atom is -0.331 e. The number of terminal acetylenes is 1. The van der Waals surface area contributed by atoms with Gasteiger partial charge in [-0.1, -0.05) is 31.4 Å². The van der Waals surface area contributed by atoms with Crippen molar-refractivity contribution in [2.75, 3.05) is 13.1 Å². The summed E-state index contributed by atoms with van der Waals surface area (Å²) in [6.45, 7) is 9.37. The Kier molecular flexibility index (Phi) is 5.94. The molecule has 106 valence electrons. The lowest BCUT2D eigenvalue weighted by Crippen LogP contribution is -2.43. The molecule has 4 atom stereocenters. The van der Waals surface area contributed by atoms with Gasteiger partial charge in [-0.15, -0.1) is 18.0 Å². The highest BCUT2D eigenvalue weighted by atomic mass is 35.5. The van der Waals surface area contributed by atoms with Crippen LogP contribution >= 0.6 is 11.6 Å². The number of rotatable bonds is 4. The van der Waals surface area contributed by atoms with Gasteiger partial charge in [-0.25, -0.2) is 0 Å². The van der Waals surface area contributed by atoms with Crippen molar-refractivity contribution < 1.29 is 4.79 Å². The first-order valence-electron chi connectivity index (χ1n) is 6.95. The number of nitrogens with zero attached hydrogens (tertiary/aromatic N) is 1. The summed E-state index contributed by atoms with van der Waals surface area (Å²) in [6, 6.07) is 0. The molecule has 0 aromatic rings. The minimum atomic E-state index is -0.513. The molecule has 1 aliphatic carbocycles. The van der Waals surface area contributed by atoms with E-state index in [4.69, 9.17) is 18.0 Å². The number of hydrogen-bond acceptors (Lipinski definition) is 1. The first-order chi connectivity index (χ1) is 8.92. The number of hydrogen-bond donors (Lipinski definition) is 0. The lowest BCUT2D eigenvalue weighted by Gasteiger charge is -2.35. The van der Waals surface area contributed by atoms with Crippen LogP contribution in [-0.2, 0) is 4.79 Å². The molecule has 0 spiro atoms. The fourth-order valence-electron chi connectivity index (χ4n) is 2.77. The normalized spacial score (nSPS) is 28.2. The second-order valence-corrected chi connectivity index (χ2v) is 6.06. The van der Waals surface area contributed by atoms with Gasteiger partial charge in [0.15, 0.2) is 0 Å². The van der Waals surface area contributed by atoms with Crippen LogP contribution in [0.3, 0.4) is 0 Å². The maximum Gasteiger partial charge on any atom is 0.242 e. The first kappa shape index (κ1) is 16.1. The average Bonchev–Trinajstić information content (AvgIpc) is 2.38. The van der Waals surface area contributed by atoms with Crippen LogP contribution in [0.4, 0.5) is 0 Å². The molecule has 1 amide bonds. The summed E-state index contributed by atoms with van der Waals surface area (Å²) >= 11 is 6.44. The van der Waals surface area contributed by atoms with Gasteiger partial charge in [-0.05, 0) is 32.1 Å². The quantitative estimate of drug-likeness (QED) is 0.440. The van der Waals surface area contributed by atoms with Gasteiger partial charge in [-0.3, -0.25) is 4.79 Å². The van der Waals surface area contributed by atoms with Crippen molar-refractivity contribution >= 4 is 17.5 Å². The molecule has 0 saturated carbocycles. The third-order valence-electron chi connectivity index (χ3n) is 4.17. The van der Waals surface area contributed by atoms with Crippen molar-refractivity contribution in [3.05, 3.63) is 11.6 Å². The highest BCUT2D eigenvalue weighted by molar-refractivity contribution is 6.31. The van der Waals surface area contributed by atoms with Gasteiger partial charge in [0, 0.05) is 12.5 Å². The Morgan fingerprint density at radius 2 is 2.26 bits per heavy atom. The molecule has 4 unspecified atom stereocenters. The molecule has 0 aliphatic heterocycles. The molecule has 3 heteroatoms. The monoisotopic (exact) mass is 281 g/mol. The molecule has 0 aromatic carbocycles. The molecule has 0 N–H and O–H groups in total. The van der Waals surface area contributed by atoms with Gasteiger partial charge in [-0.2, -0.15) is 0 Å². The minimum absolute atomic E-state index is 0.0443. The third-order valence-corrected chi connectivity index (χ3v) is 4.65. The van der Waals surface area contributed by atoms with E-state index in [0.717, 1.165) is 6.42 Å². The highest BCUT2D eigenvalue weighted by Crippen LogP contribution is 2.37. The maximum absolute atomic E-state index is 12.4. The van der Waals surface area contributed by atoms with Crippen LogP contribution in [0.15, 0.2) is 11.6 Å². The largest absolute Gasteiger partial charge is 0.331 e. The molecule has 1 aliphatic rings. The Morgan fingerprint density at radius 1 is 1.63 bits per heavy atom. The number of alkyl halides is 1. The zero-order valence-corrected chi connectivity index (χ0v) is 13.1. The van der Waals surface area contributed by atoms with Gasteiger partial charge < -0.3 is 4.90 Å². The van der Waals surface area contributed by atoms with Gasteiger partial charge in [0.25, 0.3) is 0 Å². The van der Waals surface area contributed by atoms with Crippen LogP contribution < -0.4 is 0 Å². The fraction of sp³-hybridized carbons (Fsp3) is 0.688. The van der Waals surface area contributed by atoms with E-state index in [0.29, 0.717) is 24.9 Å². The van der Waals surface area contributed by atoms with E-state index < -0.39 is 5.38 Å². The summed E-state index contributed by atoms with van der Waals surface area (Å²) in [6.07, 6.45) is 8.56. The molecule has 0 saturated heterocycles. The van der Waals surface area contributed by atoms with Crippen molar-refractivity contribution in [2.45, 2.75) is 39.5 Å².